The van der Waals surface area contributed by atoms with Gasteiger partial charge in [0, 0.05) is 11.6 Å². The van der Waals surface area contributed by atoms with Gasteiger partial charge in [0.05, 0.1) is 29.4 Å². The third-order valence-electron chi connectivity index (χ3n) is 7.66. The summed E-state index contributed by atoms with van der Waals surface area (Å²) in [4.78, 5) is 24.2. The van der Waals surface area contributed by atoms with Gasteiger partial charge in [-0.25, -0.2) is 9.78 Å². The van der Waals surface area contributed by atoms with Gasteiger partial charge >= 0.3 is 6.09 Å². The first-order valence-corrected chi connectivity index (χ1v) is 13.9. The average molecular weight is 557 g/mol. The van der Waals surface area contributed by atoms with Crippen LogP contribution in [0, 0.1) is 0 Å². The number of halogens is 1. The average Bonchev–Trinajstić information content (AvgIpc) is 3.60. The van der Waals surface area contributed by atoms with Gasteiger partial charge in [0.15, 0.2) is 11.8 Å². The molecule has 2 aromatic heterocycles. The van der Waals surface area contributed by atoms with Gasteiger partial charge in [0.25, 0.3) is 6.01 Å². The summed E-state index contributed by atoms with van der Waals surface area (Å²) in [6.07, 6.45) is 1.57. The quantitative estimate of drug-likeness (QED) is 0.409. The Hall–Kier alpha value is -2.92. The number of nitrogens with one attached hydrogen (secondary N) is 2. The second-order valence-electron chi connectivity index (χ2n) is 10.9. The van der Waals surface area contributed by atoms with Gasteiger partial charge in [-0.05, 0) is 57.1 Å². The number of pyridine rings is 1. The number of aromatic nitrogens is 3. The maximum atomic E-state index is 11.9. The van der Waals surface area contributed by atoms with Crippen LogP contribution < -0.4 is 10.1 Å². The molecule has 1 unspecified atom stereocenters. The van der Waals surface area contributed by atoms with Gasteiger partial charge in [-0.3, -0.25) is 0 Å². The molecule has 1 aromatic carbocycles. The normalized spacial score (nSPS) is 28.5. The molecule has 0 spiro atoms. The van der Waals surface area contributed by atoms with E-state index in [9.17, 15) is 9.90 Å². The molecule has 3 aliphatic rings. The molecular formula is C28H33ClN4O6. The van der Waals surface area contributed by atoms with Crippen molar-refractivity contribution < 1.29 is 28.8 Å². The number of amides is 1. The van der Waals surface area contributed by atoms with Crippen molar-refractivity contribution in [1.29, 1.82) is 0 Å². The third kappa shape index (κ3) is 5.56. The van der Waals surface area contributed by atoms with E-state index in [1.165, 1.54) is 5.56 Å². The minimum absolute atomic E-state index is 0.0309. The monoisotopic (exact) mass is 556 g/mol. The van der Waals surface area contributed by atoms with E-state index < -0.39 is 6.10 Å². The van der Waals surface area contributed by atoms with Gasteiger partial charge < -0.3 is 34.4 Å². The second kappa shape index (κ2) is 10.9. The van der Waals surface area contributed by atoms with Crippen molar-refractivity contribution in [3.63, 3.8) is 0 Å². The number of imidazole rings is 1. The molecule has 39 heavy (non-hydrogen) atoms. The predicted octanol–water partition coefficient (Wildman–Crippen LogP) is 4.35. The van der Waals surface area contributed by atoms with Crippen LogP contribution in [-0.4, -0.2) is 75.9 Å². The van der Waals surface area contributed by atoms with Crippen molar-refractivity contribution in [2.24, 2.45) is 0 Å². The predicted molar refractivity (Wildman–Crippen MR) is 144 cm³/mol. The minimum atomic E-state index is -0.638. The molecular weight excluding hydrogens is 524 g/mol. The summed E-state index contributed by atoms with van der Waals surface area (Å²) in [5, 5.41) is 13.2. The summed E-state index contributed by atoms with van der Waals surface area (Å²) in [6.45, 7) is 4.39. The summed E-state index contributed by atoms with van der Waals surface area (Å²) >= 11 is 6.62. The Morgan fingerprint density at radius 2 is 1.85 bits per heavy atom. The van der Waals surface area contributed by atoms with Crippen LogP contribution in [0.1, 0.15) is 51.0 Å². The number of fused-ring (bicyclic) bond motifs is 2. The largest absolute Gasteiger partial charge is 0.456 e. The summed E-state index contributed by atoms with van der Waals surface area (Å²) in [5.41, 5.74) is 3.97. The third-order valence-corrected chi connectivity index (χ3v) is 7.95. The number of nitrogens with zero attached hydrogens (tertiary/aromatic N) is 2. The van der Waals surface area contributed by atoms with E-state index in [2.05, 4.69) is 27.4 Å². The molecule has 3 N–H and O–H groups in total. The zero-order chi connectivity index (χ0) is 27.1. The highest BCUT2D eigenvalue weighted by atomic mass is 35.5. The number of hydrogen-bond acceptors (Lipinski definition) is 8. The summed E-state index contributed by atoms with van der Waals surface area (Å²) in [6, 6.07) is 10.5. The molecule has 6 rings (SSSR count). The van der Waals surface area contributed by atoms with Crippen LogP contribution in [0.15, 0.2) is 30.3 Å². The Morgan fingerprint density at radius 1 is 1.10 bits per heavy atom. The van der Waals surface area contributed by atoms with E-state index in [4.69, 9.17) is 35.5 Å². The van der Waals surface area contributed by atoms with Crippen molar-refractivity contribution >= 4 is 28.9 Å². The molecule has 4 atom stereocenters. The standard InChI is InChI=1S/C28H33ClN4O6/c1-14(2)30-28(35)38-18-9-7-16(8-10-18)15-3-5-17(6-4-15)23-19(29)11-20-26(32-23)33-27(31-20)39-22-13-37-24-21(34)12-36-25(22)24/h3-6,11,14,16,18,21-22,24-25,34H,7-10,12-13H2,1-2H3,(H,30,35)(H,31,32,33)/t16?,18?,21?,22-,24-,25-/m1/s1. The number of aliphatic hydroxyl groups is 1. The highest BCUT2D eigenvalue weighted by Crippen LogP contribution is 2.36. The Morgan fingerprint density at radius 3 is 2.59 bits per heavy atom. The highest BCUT2D eigenvalue weighted by Gasteiger charge is 2.48. The minimum Gasteiger partial charge on any atom is -0.456 e. The van der Waals surface area contributed by atoms with Crippen molar-refractivity contribution in [2.75, 3.05) is 13.2 Å². The maximum Gasteiger partial charge on any atom is 0.407 e. The zero-order valence-corrected chi connectivity index (χ0v) is 22.7. The number of aliphatic hydroxyl groups excluding tert-OH is 1. The number of carbonyl (C=O) groups excluding carboxylic acids is 1. The van der Waals surface area contributed by atoms with E-state index in [-0.39, 0.29) is 43.2 Å². The summed E-state index contributed by atoms with van der Waals surface area (Å²) in [7, 11) is 0. The number of benzene rings is 1. The molecule has 208 valence electrons. The SMILES string of the molecule is CC(C)NC(=O)OC1CCC(c2ccc(-c3nc4nc(O[C@@H]5CO[C@@H]6C(O)CO[C@@H]65)[nH]c4cc3Cl)cc2)CC1. The number of ether oxygens (including phenoxy) is 4. The Balaban J connectivity index is 1.10. The molecule has 2 saturated heterocycles. The molecule has 2 aliphatic heterocycles. The summed E-state index contributed by atoms with van der Waals surface area (Å²) in [5.74, 6) is 0.424. The number of rotatable bonds is 6. The zero-order valence-electron chi connectivity index (χ0n) is 21.9. The number of H-pyrrole nitrogens is 1. The van der Waals surface area contributed by atoms with E-state index in [1.54, 1.807) is 6.07 Å². The Labute approximate surface area is 231 Å². The van der Waals surface area contributed by atoms with Crippen LogP contribution in [0.3, 0.4) is 0 Å². The van der Waals surface area contributed by atoms with Crippen molar-refractivity contribution in [3.8, 4) is 17.3 Å². The van der Waals surface area contributed by atoms with Gasteiger partial charge in [-0.2, -0.15) is 4.98 Å². The maximum absolute atomic E-state index is 11.9. The Bertz CT molecular complexity index is 1320. The first-order chi connectivity index (χ1) is 18.8. The number of aromatic amines is 1. The molecule has 3 aromatic rings. The van der Waals surface area contributed by atoms with Crippen LogP contribution in [0.2, 0.25) is 5.02 Å². The lowest BCUT2D eigenvalue weighted by atomic mass is 9.82. The van der Waals surface area contributed by atoms with Crippen molar-refractivity contribution in [1.82, 2.24) is 20.3 Å². The first kappa shape index (κ1) is 26.3. The lowest BCUT2D eigenvalue weighted by Crippen LogP contribution is -2.34. The molecule has 4 heterocycles. The smallest absolute Gasteiger partial charge is 0.407 e. The Kier molecular flexibility index (Phi) is 7.37. The van der Waals surface area contributed by atoms with E-state index in [0.717, 1.165) is 31.2 Å². The fraction of sp³-hybridized carbons (Fsp3) is 0.536. The molecule has 0 radical (unpaired) electrons. The van der Waals surface area contributed by atoms with Gasteiger partial charge in [-0.1, -0.05) is 35.9 Å². The molecule has 1 aliphatic carbocycles. The lowest BCUT2D eigenvalue weighted by molar-refractivity contribution is 0.00706. The highest BCUT2D eigenvalue weighted by molar-refractivity contribution is 6.33. The lowest BCUT2D eigenvalue weighted by Gasteiger charge is -2.29. The van der Waals surface area contributed by atoms with Gasteiger partial charge in [0.2, 0.25) is 0 Å². The van der Waals surface area contributed by atoms with Crippen molar-refractivity contribution in [2.45, 2.75) is 82.0 Å². The first-order valence-electron chi connectivity index (χ1n) is 13.6. The van der Waals surface area contributed by atoms with Crippen LogP contribution >= 0.6 is 11.6 Å². The fourth-order valence-corrected chi connectivity index (χ4v) is 5.95. The van der Waals surface area contributed by atoms with Gasteiger partial charge in [0.1, 0.15) is 24.4 Å². The van der Waals surface area contributed by atoms with Crippen molar-refractivity contribution in [3.05, 3.63) is 40.9 Å². The molecule has 11 heteroatoms. The van der Waals surface area contributed by atoms with E-state index in [1.807, 2.05) is 26.0 Å². The molecule has 0 bridgehead atoms. The van der Waals surface area contributed by atoms with E-state index in [0.29, 0.717) is 40.4 Å². The fourth-order valence-electron chi connectivity index (χ4n) is 5.69. The van der Waals surface area contributed by atoms with Gasteiger partial charge in [-0.15, -0.1) is 0 Å². The molecule has 3 fully saturated rings. The topological polar surface area (TPSA) is 128 Å². The number of hydrogen-bond donors (Lipinski definition) is 3. The molecule has 1 saturated carbocycles. The van der Waals surface area contributed by atoms with Crippen LogP contribution in [0.4, 0.5) is 4.79 Å². The summed E-state index contributed by atoms with van der Waals surface area (Å²) < 4.78 is 22.8. The number of alkyl carbamates (subject to hydrolysis) is 1. The van der Waals surface area contributed by atoms with Crippen LogP contribution in [0.25, 0.3) is 22.4 Å². The molecule has 1 amide bonds. The number of carbonyl (C=O) groups is 1. The van der Waals surface area contributed by atoms with Crippen LogP contribution in [-0.2, 0) is 14.2 Å². The van der Waals surface area contributed by atoms with E-state index >= 15 is 0 Å². The van der Waals surface area contributed by atoms with Crippen LogP contribution in [0.5, 0.6) is 6.01 Å². The molecule has 10 nitrogen and oxygen atoms in total. The second-order valence-corrected chi connectivity index (χ2v) is 11.3.